The summed E-state index contributed by atoms with van der Waals surface area (Å²) in [5.41, 5.74) is 2.75. The summed E-state index contributed by atoms with van der Waals surface area (Å²) in [6, 6.07) is 12.1. The summed E-state index contributed by atoms with van der Waals surface area (Å²) in [5.74, 6) is 0.289. The number of carbonyl (C=O) groups is 1. The van der Waals surface area contributed by atoms with Crippen molar-refractivity contribution in [2.75, 3.05) is 42.3 Å². The van der Waals surface area contributed by atoms with Gasteiger partial charge in [0.05, 0.1) is 10.5 Å². The van der Waals surface area contributed by atoms with E-state index in [1.54, 1.807) is 24.3 Å². The first-order valence-electron chi connectivity index (χ1n) is 10.8. The van der Waals surface area contributed by atoms with E-state index >= 15 is 0 Å². The third-order valence-corrected chi connectivity index (χ3v) is 6.56. The van der Waals surface area contributed by atoms with Gasteiger partial charge in [0.25, 0.3) is 15.9 Å². The number of carbonyl (C=O) groups excluding carboxylic acids is 1. The van der Waals surface area contributed by atoms with E-state index in [4.69, 9.17) is 0 Å². The zero-order chi connectivity index (χ0) is 22.4. The molecule has 0 atom stereocenters. The average Bonchev–Trinajstić information content (AvgIpc) is 2.74. The van der Waals surface area contributed by atoms with Crippen molar-refractivity contribution in [2.45, 2.75) is 32.1 Å². The molecule has 0 spiro atoms. The molecule has 0 aromatic heterocycles. The van der Waals surface area contributed by atoms with Crippen LogP contribution in [0.2, 0.25) is 0 Å². The first kappa shape index (κ1) is 23.1. The topological polar surface area (TPSA) is 90.5 Å². The van der Waals surface area contributed by atoms with Gasteiger partial charge in [-0.3, -0.25) is 9.52 Å². The zero-order valence-corrected chi connectivity index (χ0v) is 19.3. The van der Waals surface area contributed by atoms with Crippen molar-refractivity contribution in [2.24, 2.45) is 5.92 Å². The molecule has 1 aliphatic heterocycles. The largest absolute Gasteiger partial charge is 0.368 e. The van der Waals surface area contributed by atoms with Gasteiger partial charge in [-0.25, -0.2) is 8.42 Å². The average molecular weight is 445 g/mol. The Morgan fingerprint density at radius 2 is 1.77 bits per heavy atom. The van der Waals surface area contributed by atoms with Crippen LogP contribution >= 0.6 is 0 Å². The lowest BCUT2D eigenvalue weighted by atomic mass is 10.0. The molecule has 1 amide bonds. The number of hydrogen-bond donors (Lipinski definition) is 3. The summed E-state index contributed by atoms with van der Waals surface area (Å²) < 4.78 is 28.4. The van der Waals surface area contributed by atoms with Gasteiger partial charge < -0.3 is 15.5 Å². The van der Waals surface area contributed by atoms with E-state index in [1.807, 2.05) is 25.1 Å². The highest BCUT2D eigenvalue weighted by atomic mass is 32.2. The number of anilines is 2. The highest BCUT2D eigenvalue weighted by Gasteiger charge is 2.21. The molecule has 0 radical (unpaired) electrons. The maximum absolute atomic E-state index is 12.9. The van der Waals surface area contributed by atoms with Crippen LogP contribution in [0.3, 0.4) is 0 Å². The molecule has 8 heteroatoms. The number of nitrogens with zero attached hydrogens (tertiary/aromatic N) is 1. The summed E-state index contributed by atoms with van der Waals surface area (Å²) in [7, 11) is -3.76. The van der Waals surface area contributed by atoms with Crippen molar-refractivity contribution in [3.8, 4) is 0 Å². The van der Waals surface area contributed by atoms with Gasteiger partial charge in [-0.15, -0.1) is 0 Å². The minimum Gasteiger partial charge on any atom is -0.368 e. The Hall–Kier alpha value is -2.58. The Morgan fingerprint density at radius 3 is 2.39 bits per heavy atom. The highest BCUT2D eigenvalue weighted by Crippen LogP contribution is 2.27. The lowest BCUT2D eigenvalue weighted by Crippen LogP contribution is -2.44. The van der Waals surface area contributed by atoms with Crippen molar-refractivity contribution >= 4 is 27.3 Å². The van der Waals surface area contributed by atoms with E-state index in [9.17, 15) is 13.2 Å². The fourth-order valence-corrected chi connectivity index (χ4v) is 4.76. The van der Waals surface area contributed by atoms with E-state index < -0.39 is 10.0 Å². The van der Waals surface area contributed by atoms with Gasteiger partial charge in [0.1, 0.15) is 0 Å². The fraction of sp³-hybridized carbons (Fsp3) is 0.435. The second kappa shape index (κ2) is 10.2. The highest BCUT2D eigenvalue weighted by molar-refractivity contribution is 7.92. The summed E-state index contributed by atoms with van der Waals surface area (Å²) in [6.07, 6.45) is 0.900. The van der Waals surface area contributed by atoms with Crippen LogP contribution in [0.15, 0.2) is 47.4 Å². The van der Waals surface area contributed by atoms with E-state index in [0.717, 1.165) is 43.9 Å². The molecule has 1 fully saturated rings. The van der Waals surface area contributed by atoms with Gasteiger partial charge in [0, 0.05) is 44.1 Å². The first-order valence-corrected chi connectivity index (χ1v) is 12.3. The first-order chi connectivity index (χ1) is 14.8. The Bertz CT molecular complexity index is 998. The van der Waals surface area contributed by atoms with Crippen molar-refractivity contribution in [3.05, 3.63) is 53.6 Å². The molecule has 2 aromatic carbocycles. The SMILES string of the molecule is CCNC(=O)c1cc(NS(=O)(=O)c2ccc(CC(C)C)cc2)ccc1N1CCNCC1. The third-order valence-electron chi connectivity index (χ3n) is 5.17. The number of rotatable bonds is 8. The Morgan fingerprint density at radius 1 is 1.10 bits per heavy atom. The van der Waals surface area contributed by atoms with Crippen LogP contribution < -0.4 is 20.3 Å². The van der Waals surface area contributed by atoms with Gasteiger partial charge in [-0.1, -0.05) is 26.0 Å². The van der Waals surface area contributed by atoms with Crippen molar-refractivity contribution in [1.82, 2.24) is 10.6 Å². The van der Waals surface area contributed by atoms with Gasteiger partial charge in [0.15, 0.2) is 0 Å². The fourth-order valence-electron chi connectivity index (χ4n) is 3.71. The third kappa shape index (κ3) is 5.98. The smallest absolute Gasteiger partial charge is 0.261 e. The molecule has 2 aromatic rings. The maximum atomic E-state index is 12.9. The summed E-state index contributed by atoms with van der Waals surface area (Å²) in [5, 5.41) is 6.13. The molecular formula is C23H32N4O3S. The number of benzene rings is 2. The number of hydrogen-bond acceptors (Lipinski definition) is 5. The van der Waals surface area contributed by atoms with E-state index in [0.29, 0.717) is 23.7 Å². The molecule has 1 heterocycles. The van der Waals surface area contributed by atoms with Crippen LogP contribution in [0.25, 0.3) is 0 Å². The lowest BCUT2D eigenvalue weighted by Gasteiger charge is -2.31. The molecule has 3 rings (SSSR count). The van der Waals surface area contributed by atoms with Crippen molar-refractivity contribution < 1.29 is 13.2 Å². The molecule has 168 valence electrons. The van der Waals surface area contributed by atoms with Gasteiger partial charge in [0.2, 0.25) is 0 Å². The summed E-state index contributed by atoms with van der Waals surface area (Å²) >= 11 is 0. The van der Waals surface area contributed by atoms with Crippen LogP contribution in [0, 0.1) is 5.92 Å². The second-order valence-electron chi connectivity index (χ2n) is 8.18. The minimum atomic E-state index is -3.76. The molecular weight excluding hydrogens is 412 g/mol. The zero-order valence-electron chi connectivity index (χ0n) is 18.4. The van der Waals surface area contributed by atoms with Crippen LogP contribution in [0.4, 0.5) is 11.4 Å². The minimum absolute atomic E-state index is 0.200. The maximum Gasteiger partial charge on any atom is 0.261 e. The number of amides is 1. The number of sulfonamides is 1. The predicted octanol–water partition coefficient (Wildman–Crippen LogP) is 2.85. The predicted molar refractivity (Wildman–Crippen MR) is 125 cm³/mol. The monoisotopic (exact) mass is 444 g/mol. The Labute approximate surface area is 185 Å². The van der Waals surface area contributed by atoms with Gasteiger partial charge in [-0.2, -0.15) is 0 Å². The molecule has 1 aliphatic rings. The summed E-state index contributed by atoms with van der Waals surface area (Å²) in [4.78, 5) is 15.0. The van der Waals surface area contributed by atoms with Crippen LogP contribution in [-0.2, 0) is 16.4 Å². The molecule has 3 N–H and O–H groups in total. The van der Waals surface area contributed by atoms with Crippen LogP contribution in [-0.4, -0.2) is 47.0 Å². The second-order valence-corrected chi connectivity index (χ2v) is 9.86. The quantitative estimate of drug-likeness (QED) is 0.583. The van der Waals surface area contributed by atoms with E-state index in [1.165, 1.54) is 0 Å². The molecule has 31 heavy (non-hydrogen) atoms. The number of piperazine rings is 1. The van der Waals surface area contributed by atoms with Crippen LogP contribution in [0.5, 0.6) is 0 Å². The van der Waals surface area contributed by atoms with E-state index in [2.05, 4.69) is 34.1 Å². The Balaban J connectivity index is 1.86. The lowest BCUT2D eigenvalue weighted by molar-refractivity contribution is 0.0956. The van der Waals surface area contributed by atoms with E-state index in [-0.39, 0.29) is 10.8 Å². The standard InChI is InChI=1S/C23H32N4O3S/c1-4-25-23(28)21-16-19(7-10-22(21)27-13-11-24-12-14-27)26-31(29,30)20-8-5-18(6-9-20)15-17(2)3/h5-10,16-17,24,26H,4,11-15H2,1-3H3,(H,25,28). The van der Waals surface area contributed by atoms with Gasteiger partial charge in [-0.05, 0) is 55.2 Å². The van der Waals surface area contributed by atoms with Gasteiger partial charge >= 0.3 is 0 Å². The van der Waals surface area contributed by atoms with Crippen molar-refractivity contribution in [1.29, 1.82) is 0 Å². The number of nitrogens with one attached hydrogen (secondary N) is 3. The molecule has 0 saturated carbocycles. The van der Waals surface area contributed by atoms with Crippen LogP contribution in [0.1, 0.15) is 36.7 Å². The summed E-state index contributed by atoms with van der Waals surface area (Å²) in [6.45, 7) is 9.88. The Kier molecular flexibility index (Phi) is 7.56. The normalized spacial score (nSPS) is 14.5. The molecule has 0 aliphatic carbocycles. The molecule has 7 nitrogen and oxygen atoms in total. The molecule has 1 saturated heterocycles. The molecule has 0 bridgehead atoms. The van der Waals surface area contributed by atoms with Crippen molar-refractivity contribution in [3.63, 3.8) is 0 Å². The molecule has 0 unspecified atom stereocenters.